The molecule has 0 spiro atoms. The smallest absolute Gasteiger partial charge is 0.246 e. The average molecular weight is 297 g/mol. The van der Waals surface area contributed by atoms with Crippen molar-refractivity contribution in [3.63, 3.8) is 0 Å². The molecular formula is C18H19NOS. The minimum atomic E-state index is 0.143. The fraction of sp³-hybridized carbons (Fsp3) is 0.278. The lowest BCUT2D eigenvalue weighted by Crippen LogP contribution is -2.34. The molecular weight excluding hydrogens is 278 g/mol. The molecule has 1 saturated heterocycles. The topological polar surface area (TPSA) is 20.3 Å². The Kier molecular flexibility index (Phi) is 4.51. The maximum Gasteiger partial charge on any atom is 0.246 e. The molecule has 0 saturated carbocycles. The Morgan fingerprint density at radius 3 is 2.52 bits per heavy atom. The van der Waals surface area contributed by atoms with Crippen LogP contribution in [0.1, 0.15) is 24.1 Å². The summed E-state index contributed by atoms with van der Waals surface area (Å²) in [6.45, 7) is 1.81. The molecule has 2 heterocycles. The molecule has 0 N–H and O–H groups in total. The molecule has 3 rings (SSSR count). The summed E-state index contributed by atoms with van der Waals surface area (Å²) in [6, 6.07) is 14.5. The highest BCUT2D eigenvalue weighted by atomic mass is 32.1. The summed E-state index contributed by atoms with van der Waals surface area (Å²) in [7, 11) is 0. The number of carbonyl (C=O) groups excluding carboxylic acids is 1. The molecule has 1 aliphatic rings. The van der Waals surface area contributed by atoms with Crippen LogP contribution in [0.25, 0.3) is 16.5 Å². The first-order chi connectivity index (χ1) is 10.3. The van der Waals surface area contributed by atoms with Crippen LogP contribution in [0.2, 0.25) is 0 Å². The van der Waals surface area contributed by atoms with E-state index in [0.29, 0.717) is 0 Å². The highest BCUT2D eigenvalue weighted by molar-refractivity contribution is 7.16. The van der Waals surface area contributed by atoms with E-state index in [1.807, 2.05) is 29.2 Å². The van der Waals surface area contributed by atoms with Crippen molar-refractivity contribution >= 4 is 23.3 Å². The molecule has 0 bridgehead atoms. The fourth-order valence-corrected chi connectivity index (χ4v) is 3.49. The zero-order valence-corrected chi connectivity index (χ0v) is 12.8. The molecule has 3 heteroatoms. The SMILES string of the molecule is O=C(C=Cc1ccc(-c2ccccc2)s1)N1CCCCC1. The van der Waals surface area contributed by atoms with Crippen LogP contribution in [0, 0.1) is 0 Å². The van der Waals surface area contributed by atoms with Gasteiger partial charge in [-0.05, 0) is 43.0 Å². The number of nitrogens with zero attached hydrogens (tertiary/aromatic N) is 1. The number of likely N-dealkylation sites (tertiary alicyclic amines) is 1. The Hall–Kier alpha value is -1.87. The number of benzene rings is 1. The minimum Gasteiger partial charge on any atom is -0.339 e. The highest BCUT2D eigenvalue weighted by Gasteiger charge is 2.13. The summed E-state index contributed by atoms with van der Waals surface area (Å²) in [6.07, 6.45) is 7.17. The predicted molar refractivity (Wildman–Crippen MR) is 89.2 cm³/mol. The van der Waals surface area contributed by atoms with Gasteiger partial charge in [0, 0.05) is 28.9 Å². The van der Waals surface area contributed by atoms with Crippen LogP contribution in [0.5, 0.6) is 0 Å². The van der Waals surface area contributed by atoms with Gasteiger partial charge in [-0.2, -0.15) is 0 Å². The third-order valence-corrected chi connectivity index (χ3v) is 4.84. The number of hydrogen-bond donors (Lipinski definition) is 0. The van der Waals surface area contributed by atoms with E-state index < -0.39 is 0 Å². The molecule has 0 atom stereocenters. The first-order valence-electron chi connectivity index (χ1n) is 7.45. The Balaban J connectivity index is 1.66. The van der Waals surface area contributed by atoms with E-state index in [1.54, 1.807) is 17.4 Å². The van der Waals surface area contributed by atoms with E-state index in [9.17, 15) is 4.79 Å². The quantitative estimate of drug-likeness (QED) is 0.767. The molecule has 21 heavy (non-hydrogen) atoms. The van der Waals surface area contributed by atoms with E-state index >= 15 is 0 Å². The van der Waals surface area contributed by atoms with Crippen LogP contribution in [0.15, 0.2) is 48.5 Å². The average Bonchev–Trinajstić information content (AvgIpc) is 3.03. The Bertz CT molecular complexity index is 624. The molecule has 0 aliphatic carbocycles. The van der Waals surface area contributed by atoms with Crippen LogP contribution in [0.3, 0.4) is 0 Å². The number of amides is 1. The monoisotopic (exact) mass is 297 g/mol. The first-order valence-corrected chi connectivity index (χ1v) is 8.27. The zero-order chi connectivity index (χ0) is 14.5. The molecule has 0 radical (unpaired) electrons. The number of carbonyl (C=O) groups is 1. The molecule has 1 aliphatic heterocycles. The van der Waals surface area contributed by atoms with Gasteiger partial charge in [-0.1, -0.05) is 30.3 Å². The Morgan fingerprint density at radius 2 is 1.76 bits per heavy atom. The van der Waals surface area contributed by atoms with Crippen molar-refractivity contribution in [1.29, 1.82) is 0 Å². The molecule has 1 aromatic carbocycles. The predicted octanol–water partition coefficient (Wildman–Crippen LogP) is 4.44. The maximum absolute atomic E-state index is 12.1. The lowest BCUT2D eigenvalue weighted by Gasteiger charge is -2.25. The van der Waals surface area contributed by atoms with Crippen molar-refractivity contribution in [2.45, 2.75) is 19.3 Å². The summed E-state index contributed by atoms with van der Waals surface area (Å²) in [5.41, 5.74) is 1.23. The van der Waals surface area contributed by atoms with Gasteiger partial charge in [0.15, 0.2) is 0 Å². The standard InChI is InChI=1S/C18H19NOS/c20-18(19-13-5-2-6-14-19)12-10-16-9-11-17(21-16)15-7-3-1-4-8-15/h1,3-4,7-12H,2,5-6,13-14H2. The maximum atomic E-state index is 12.1. The van der Waals surface area contributed by atoms with Crippen molar-refractivity contribution in [3.8, 4) is 10.4 Å². The fourth-order valence-electron chi connectivity index (χ4n) is 2.57. The first kappa shape index (κ1) is 14.1. The molecule has 1 aromatic heterocycles. The Morgan fingerprint density at radius 1 is 1.00 bits per heavy atom. The summed E-state index contributed by atoms with van der Waals surface area (Å²) in [5.74, 6) is 0.143. The lowest BCUT2D eigenvalue weighted by atomic mass is 10.1. The van der Waals surface area contributed by atoms with Crippen molar-refractivity contribution in [3.05, 3.63) is 53.4 Å². The normalized spacial score (nSPS) is 15.5. The minimum absolute atomic E-state index is 0.143. The van der Waals surface area contributed by atoms with Gasteiger partial charge in [0.2, 0.25) is 5.91 Å². The summed E-state index contributed by atoms with van der Waals surface area (Å²) >= 11 is 1.72. The van der Waals surface area contributed by atoms with E-state index in [0.717, 1.165) is 30.8 Å². The zero-order valence-electron chi connectivity index (χ0n) is 12.0. The van der Waals surface area contributed by atoms with Crippen molar-refractivity contribution < 1.29 is 4.79 Å². The third-order valence-electron chi connectivity index (χ3n) is 3.74. The molecule has 1 fully saturated rings. The van der Waals surface area contributed by atoms with Crippen molar-refractivity contribution in [2.75, 3.05) is 13.1 Å². The van der Waals surface area contributed by atoms with Crippen LogP contribution >= 0.6 is 11.3 Å². The van der Waals surface area contributed by atoms with Crippen LogP contribution in [-0.2, 0) is 4.79 Å². The van der Waals surface area contributed by atoms with Crippen molar-refractivity contribution in [1.82, 2.24) is 4.90 Å². The molecule has 0 unspecified atom stereocenters. The van der Waals surface area contributed by atoms with Crippen LogP contribution < -0.4 is 0 Å². The molecule has 2 aromatic rings. The van der Waals surface area contributed by atoms with Gasteiger partial charge in [-0.25, -0.2) is 0 Å². The second-order valence-electron chi connectivity index (χ2n) is 5.29. The van der Waals surface area contributed by atoms with Crippen LogP contribution in [-0.4, -0.2) is 23.9 Å². The van der Waals surface area contributed by atoms with Gasteiger partial charge in [0.25, 0.3) is 0 Å². The van der Waals surface area contributed by atoms with Gasteiger partial charge in [-0.3, -0.25) is 4.79 Å². The number of rotatable bonds is 3. The molecule has 2 nitrogen and oxygen atoms in total. The summed E-state index contributed by atoms with van der Waals surface area (Å²) in [4.78, 5) is 16.4. The highest BCUT2D eigenvalue weighted by Crippen LogP contribution is 2.28. The van der Waals surface area contributed by atoms with E-state index in [-0.39, 0.29) is 5.91 Å². The lowest BCUT2D eigenvalue weighted by molar-refractivity contribution is -0.126. The third kappa shape index (κ3) is 3.61. The van der Waals surface area contributed by atoms with E-state index in [2.05, 4.69) is 24.3 Å². The van der Waals surface area contributed by atoms with E-state index in [1.165, 1.54) is 16.9 Å². The van der Waals surface area contributed by atoms with Gasteiger partial charge in [0.05, 0.1) is 0 Å². The van der Waals surface area contributed by atoms with Gasteiger partial charge in [0.1, 0.15) is 0 Å². The molecule has 1 amide bonds. The number of hydrogen-bond acceptors (Lipinski definition) is 2. The second kappa shape index (κ2) is 6.72. The number of thiophene rings is 1. The van der Waals surface area contributed by atoms with Crippen LogP contribution in [0.4, 0.5) is 0 Å². The Labute approximate surface area is 129 Å². The van der Waals surface area contributed by atoms with Gasteiger partial charge >= 0.3 is 0 Å². The summed E-state index contributed by atoms with van der Waals surface area (Å²) < 4.78 is 0. The van der Waals surface area contributed by atoms with Crippen molar-refractivity contribution in [2.24, 2.45) is 0 Å². The molecule has 108 valence electrons. The van der Waals surface area contributed by atoms with Gasteiger partial charge < -0.3 is 4.90 Å². The number of piperidine rings is 1. The summed E-state index contributed by atoms with van der Waals surface area (Å²) in [5, 5.41) is 0. The van der Waals surface area contributed by atoms with Gasteiger partial charge in [-0.15, -0.1) is 11.3 Å². The second-order valence-corrected chi connectivity index (χ2v) is 6.40. The van der Waals surface area contributed by atoms with E-state index in [4.69, 9.17) is 0 Å². The largest absolute Gasteiger partial charge is 0.339 e.